The SMILES string of the molecule is c1ccc(N2c3ccccc3N(c3ccc4cc5cc(N6c7ccccc7N(c7ccccc7)c7cc8c(cc76)[Si](c6cccnc6)(c6cccnc6)c6ccccc6-8)ccc5cc4c3)c3ccccc32)cc1. The van der Waals surface area contributed by atoms with Gasteiger partial charge in [0.05, 0.1) is 45.5 Å². The lowest BCUT2D eigenvalue weighted by Crippen LogP contribution is -2.73. The normalized spacial score (nSPS) is 13.8. The van der Waals surface area contributed by atoms with E-state index in [1.165, 1.54) is 53.4 Å². The summed E-state index contributed by atoms with van der Waals surface area (Å²) in [5.74, 6) is 0. The fraction of sp³-hybridized carbons (Fsp3) is 0. The van der Waals surface area contributed by atoms with Gasteiger partial charge in [-0.3, -0.25) is 9.97 Å². The molecule has 3 aliphatic rings. The molecule has 342 valence electrons. The van der Waals surface area contributed by atoms with E-state index in [0.717, 1.165) is 68.2 Å². The van der Waals surface area contributed by atoms with Crippen LogP contribution in [0.2, 0.25) is 0 Å². The van der Waals surface area contributed by atoms with Crippen LogP contribution in [0.5, 0.6) is 0 Å². The molecule has 0 saturated carbocycles. The molecule has 0 radical (unpaired) electrons. The van der Waals surface area contributed by atoms with E-state index < -0.39 is 8.07 Å². The van der Waals surface area contributed by atoms with Crippen LogP contribution in [-0.2, 0) is 0 Å². The predicted molar refractivity (Wildman–Crippen MR) is 306 cm³/mol. The van der Waals surface area contributed by atoms with E-state index in [9.17, 15) is 0 Å². The lowest BCUT2D eigenvalue weighted by atomic mass is 9.98. The highest BCUT2D eigenvalue weighted by Crippen LogP contribution is 2.57. The number of para-hydroxylation sites is 8. The summed E-state index contributed by atoms with van der Waals surface area (Å²) in [4.78, 5) is 19.3. The molecular formula is C66H44N6Si. The summed E-state index contributed by atoms with van der Waals surface area (Å²) in [7, 11) is -2.93. The van der Waals surface area contributed by atoms with Crippen LogP contribution in [-0.4, -0.2) is 18.0 Å². The molecular weight excluding hydrogens is 905 g/mol. The van der Waals surface area contributed by atoms with Crippen molar-refractivity contribution in [2.75, 3.05) is 19.6 Å². The Labute approximate surface area is 424 Å². The van der Waals surface area contributed by atoms with Crippen molar-refractivity contribution in [3.8, 4) is 11.1 Å². The molecule has 0 aliphatic carbocycles. The number of pyridine rings is 2. The Morgan fingerprint density at radius 2 is 0.671 bits per heavy atom. The zero-order chi connectivity index (χ0) is 48.0. The molecule has 7 heteroatoms. The summed E-state index contributed by atoms with van der Waals surface area (Å²) in [6, 6.07) is 89.1. The maximum atomic E-state index is 4.78. The summed E-state index contributed by atoms with van der Waals surface area (Å²) in [5, 5.41) is 9.90. The first-order valence-electron chi connectivity index (χ1n) is 24.9. The van der Waals surface area contributed by atoms with Crippen LogP contribution in [0.25, 0.3) is 32.7 Å². The highest BCUT2D eigenvalue weighted by atomic mass is 28.3. The Bertz CT molecular complexity index is 4040. The number of aromatic nitrogens is 2. The van der Waals surface area contributed by atoms with Gasteiger partial charge in [0.1, 0.15) is 0 Å². The second-order valence-corrected chi connectivity index (χ2v) is 22.8. The fourth-order valence-corrected chi connectivity index (χ4v) is 17.2. The number of nitrogens with zero attached hydrogens (tertiary/aromatic N) is 6. The van der Waals surface area contributed by atoms with Crippen molar-refractivity contribution < 1.29 is 0 Å². The Hall–Kier alpha value is -9.56. The first-order valence-corrected chi connectivity index (χ1v) is 26.9. The molecule has 73 heavy (non-hydrogen) atoms. The monoisotopic (exact) mass is 948 g/mol. The van der Waals surface area contributed by atoms with Gasteiger partial charge in [-0.1, -0.05) is 121 Å². The fourth-order valence-electron chi connectivity index (χ4n) is 12.2. The average molecular weight is 949 g/mol. The van der Waals surface area contributed by atoms with E-state index >= 15 is 0 Å². The van der Waals surface area contributed by atoms with Gasteiger partial charge in [0.2, 0.25) is 0 Å². The molecule has 0 bridgehead atoms. The third kappa shape index (κ3) is 6.16. The summed E-state index contributed by atoms with van der Waals surface area (Å²) < 4.78 is 0. The molecule has 15 rings (SSSR count). The van der Waals surface area contributed by atoms with Crippen molar-refractivity contribution in [2.45, 2.75) is 0 Å². The van der Waals surface area contributed by atoms with E-state index in [0.29, 0.717) is 0 Å². The second-order valence-electron chi connectivity index (χ2n) is 19.1. The van der Waals surface area contributed by atoms with Crippen molar-refractivity contribution in [1.82, 2.24) is 9.97 Å². The van der Waals surface area contributed by atoms with Crippen LogP contribution in [0, 0.1) is 0 Å². The largest absolute Gasteiger partial charge is 0.306 e. The van der Waals surface area contributed by atoms with Gasteiger partial charge in [0.25, 0.3) is 0 Å². The lowest BCUT2D eigenvalue weighted by molar-refractivity contribution is 1.17. The molecule has 0 amide bonds. The van der Waals surface area contributed by atoms with Crippen LogP contribution >= 0.6 is 0 Å². The number of benzene rings is 10. The first kappa shape index (κ1) is 41.2. The number of hydrogen-bond acceptors (Lipinski definition) is 6. The molecule has 0 saturated heterocycles. The van der Waals surface area contributed by atoms with Crippen LogP contribution in [0.1, 0.15) is 0 Å². The predicted octanol–water partition coefficient (Wildman–Crippen LogP) is 14.6. The molecule has 12 aromatic rings. The molecule has 10 aromatic carbocycles. The summed E-state index contributed by atoms with van der Waals surface area (Å²) in [5.41, 5.74) is 16.0. The Balaban J connectivity index is 0.909. The quantitative estimate of drug-likeness (QED) is 0.122. The molecule has 3 aliphatic heterocycles. The van der Waals surface area contributed by atoms with E-state index in [2.05, 4.69) is 275 Å². The molecule has 5 heterocycles. The second kappa shape index (κ2) is 16.2. The summed E-state index contributed by atoms with van der Waals surface area (Å²) in [6.45, 7) is 0. The van der Waals surface area contributed by atoms with Crippen molar-refractivity contribution in [3.05, 3.63) is 267 Å². The molecule has 2 aromatic heterocycles. The minimum Gasteiger partial charge on any atom is -0.306 e. The number of fused-ring (bicyclic) bond motifs is 9. The molecule has 0 atom stereocenters. The van der Waals surface area contributed by atoms with Gasteiger partial charge in [-0.15, -0.1) is 0 Å². The third-order valence-corrected chi connectivity index (χ3v) is 20.0. The minimum absolute atomic E-state index is 1.10. The van der Waals surface area contributed by atoms with Crippen LogP contribution in [0.4, 0.5) is 68.2 Å². The Morgan fingerprint density at radius 1 is 0.260 bits per heavy atom. The summed E-state index contributed by atoms with van der Waals surface area (Å²) >= 11 is 0. The molecule has 0 N–H and O–H groups in total. The van der Waals surface area contributed by atoms with Gasteiger partial charge in [-0.25, -0.2) is 0 Å². The van der Waals surface area contributed by atoms with Gasteiger partial charge in [-0.2, -0.15) is 0 Å². The lowest BCUT2D eigenvalue weighted by Gasteiger charge is -2.41. The van der Waals surface area contributed by atoms with Crippen molar-refractivity contribution in [1.29, 1.82) is 0 Å². The van der Waals surface area contributed by atoms with Gasteiger partial charge in [-0.05, 0) is 175 Å². The van der Waals surface area contributed by atoms with E-state index in [1.54, 1.807) is 0 Å². The Kier molecular flexibility index (Phi) is 9.18. The zero-order valence-electron chi connectivity index (χ0n) is 39.6. The van der Waals surface area contributed by atoms with Gasteiger partial charge < -0.3 is 19.6 Å². The highest BCUT2D eigenvalue weighted by Gasteiger charge is 2.50. The smallest absolute Gasteiger partial charge is 0.184 e. The maximum Gasteiger partial charge on any atom is 0.184 e. The number of rotatable bonds is 6. The van der Waals surface area contributed by atoms with Crippen molar-refractivity contribution >= 4 is 119 Å². The average Bonchev–Trinajstić information content (AvgIpc) is 3.75. The van der Waals surface area contributed by atoms with Gasteiger partial charge in [0, 0.05) is 47.5 Å². The standard InChI is InChI=1S/C66H44N6Si/c1-3-17-49(18-4-1)69-57-24-8-11-27-60(57)71(61-28-12-9-25-58(61)69)51-33-31-45-38-48-40-52(34-32-46(48)37-47(45)39-51)72-62-29-13-10-26-59(62)70(50-19-5-2-6-20-50)63-41-56-55-23-7-14-30-65(55)73(66(56)42-64(63)72,53-21-15-35-67-43-53)54-22-16-36-68-44-54/h1-44H. The van der Waals surface area contributed by atoms with Crippen LogP contribution in [0.3, 0.4) is 0 Å². The highest BCUT2D eigenvalue weighted by molar-refractivity contribution is 7.22. The first-order chi connectivity index (χ1) is 36.2. The minimum atomic E-state index is -2.93. The molecule has 0 spiro atoms. The third-order valence-electron chi connectivity index (χ3n) is 15.2. The maximum absolute atomic E-state index is 4.78. The number of hydrogen-bond donors (Lipinski definition) is 0. The van der Waals surface area contributed by atoms with Crippen LogP contribution in [0.15, 0.2) is 267 Å². The van der Waals surface area contributed by atoms with Crippen LogP contribution < -0.4 is 40.3 Å². The number of anilines is 12. The molecule has 6 nitrogen and oxygen atoms in total. The van der Waals surface area contributed by atoms with E-state index in [-0.39, 0.29) is 0 Å². The Morgan fingerprint density at radius 3 is 1.15 bits per heavy atom. The summed E-state index contributed by atoms with van der Waals surface area (Å²) in [6.07, 6.45) is 7.95. The van der Waals surface area contributed by atoms with E-state index in [1.807, 2.05) is 12.4 Å². The van der Waals surface area contributed by atoms with Crippen molar-refractivity contribution in [2.24, 2.45) is 0 Å². The zero-order valence-corrected chi connectivity index (χ0v) is 40.6. The van der Waals surface area contributed by atoms with Gasteiger partial charge >= 0.3 is 0 Å². The van der Waals surface area contributed by atoms with Crippen molar-refractivity contribution in [3.63, 3.8) is 0 Å². The molecule has 0 unspecified atom stereocenters. The molecule has 0 fully saturated rings. The van der Waals surface area contributed by atoms with E-state index in [4.69, 9.17) is 9.97 Å². The topological polar surface area (TPSA) is 38.7 Å². The van der Waals surface area contributed by atoms with Gasteiger partial charge in [0.15, 0.2) is 8.07 Å².